The maximum Gasteiger partial charge on any atom is 0.257 e. The number of piperidine rings is 1. The van der Waals surface area contributed by atoms with Crippen LogP contribution in [0.5, 0.6) is 11.5 Å². The summed E-state index contributed by atoms with van der Waals surface area (Å²) in [6, 6.07) is 6.00. The van der Waals surface area contributed by atoms with E-state index in [1.165, 1.54) is 12.8 Å². The van der Waals surface area contributed by atoms with Gasteiger partial charge >= 0.3 is 0 Å². The lowest BCUT2D eigenvalue weighted by Crippen LogP contribution is -2.45. The molecule has 1 aliphatic heterocycles. The van der Waals surface area contributed by atoms with Crippen molar-refractivity contribution in [3.05, 3.63) is 23.8 Å². The second-order valence-corrected chi connectivity index (χ2v) is 6.46. The first-order valence-corrected chi connectivity index (χ1v) is 8.46. The summed E-state index contributed by atoms with van der Waals surface area (Å²) in [6.07, 6.45) is 4.79. The molecule has 126 valence electrons. The highest BCUT2D eigenvalue weighted by Gasteiger charge is 2.28. The summed E-state index contributed by atoms with van der Waals surface area (Å²) in [4.78, 5) is 14.7. The molecule has 1 saturated heterocycles. The minimum Gasteiger partial charge on any atom is -0.493 e. The molecule has 0 aromatic heterocycles. The number of benzene rings is 1. The summed E-state index contributed by atoms with van der Waals surface area (Å²) in [5, 5.41) is 3.64. The number of nitrogens with one attached hydrogen (secondary N) is 1. The third-order valence-corrected chi connectivity index (χ3v) is 4.81. The van der Waals surface area contributed by atoms with Crippen molar-refractivity contribution in [3.8, 4) is 11.5 Å². The Hall–Kier alpha value is -1.75. The highest BCUT2D eigenvalue weighted by molar-refractivity contribution is 5.97. The second kappa shape index (κ2) is 7.21. The molecule has 1 aromatic carbocycles. The Bertz CT molecular complexity index is 549. The van der Waals surface area contributed by atoms with Gasteiger partial charge in [0.25, 0.3) is 5.91 Å². The molecule has 3 rings (SSSR count). The van der Waals surface area contributed by atoms with E-state index in [4.69, 9.17) is 9.47 Å². The number of amides is 1. The lowest BCUT2D eigenvalue weighted by Gasteiger charge is -2.33. The van der Waals surface area contributed by atoms with Gasteiger partial charge in [0.15, 0.2) is 11.5 Å². The number of carbonyl (C=O) groups is 1. The summed E-state index contributed by atoms with van der Waals surface area (Å²) in [7, 11) is 3.16. The van der Waals surface area contributed by atoms with E-state index in [1.807, 2.05) is 17.0 Å². The Morgan fingerprint density at radius 3 is 2.52 bits per heavy atom. The Kier molecular flexibility index (Phi) is 5.06. The van der Waals surface area contributed by atoms with E-state index >= 15 is 0 Å². The van der Waals surface area contributed by atoms with Gasteiger partial charge in [-0.1, -0.05) is 6.07 Å². The molecule has 0 spiro atoms. The molecule has 1 saturated carbocycles. The Labute approximate surface area is 137 Å². The van der Waals surface area contributed by atoms with Crippen LogP contribution in [0, 0.1) is 5.92 Å². The van der Waals surface area contributed by atoms with Crippen molar-refractivity contribution >= 4 is 5.91 Å². The topological polar surface area (TPSA) is 50.8 Å². The zero-order valence-electron chi connectivity index (χ0n) is 14.0. The summed E-state index contributed by atoms with van der Waals surface area (Å²) >= 11 is 0. The molecule has 0 radical (unpaired) electrons. The number of ether oxygens (including phenoxy) is 2. The van der Waals surface area contributed by atoms with Crippen molar-refractivity contribution in [2.75, 3.05) is 33.9 Å². The van der Waals surface area contributed by atoms with Crippen molar-refractivity contribution in [1.82, 2.24) is 10.2 Å². The fourth-order valence-electron chi connectivity index (χ4n) is 3.17. The molecule has 5 heteroatoms. The van der Waals surface area contributed by atoms with Crippen LogP contribution in [-0.2, 0) is 0 Å². The molecule has 0 unspecified atom stereocenters. The van der Waals surface area contributed by atoms with Gasteiger partial charge in [-0.3, -0.25) is 4.79 Å². The number of nitrogens with zero attached hydrogens (tertiary/aromatic N) is 1. The van der Waals surface area contributed by atoms with E-state index in [9.17, 15) is 4.79 Å². The molecular formula is C18H26N2O3. The Morgan fingerprint density at radius 2 is 1.91 bits per heavy atom. The van der Waals surface area contributed by atoms with Crippen molar-refractivity contribution in [1.29, 1.82) is 0 Å². The van der Waals surface area contributed by atoms with Crippen LogP contribution in [0.1, 0.15) is 36.0 Å². The molecule has 0 atom stereocenters. The predicted octanol–water partition coefficient (Wildman–Crippen LogP) is 2.31. The number of carbonyl (C=O) groups excluding carboxylic acids is 1. The Morgan fingerprint density at radius 1 is 1.17 bits per heavy atom. The third kappa shape index (κ3) is 3.78. The average molecular weight is 318 g/mol. The smallest absolute Gasteiger partial charge is 0.257 e. The van der Waals surface area contributed by atoms with Gasteiger partial charge in [0.2, 0.25) is 0 Å². The van der Waals surface area contributed by atoms with E-state index in [1.54, 1.807) is 20.3 Å². The minimum atomic E-state index is 0.0291. The number of para-hydroxylation sites is 1. The van der Waals surface area contributed by atoms with Gasteiger partial charge in [-0.2, -0.15) is 0 Å². The lowest BCUT2D eigenvalue weighted by atomic mass is 10.0. The number of hydrogen-bond acceptors (Lipinski definition) is 4. The maximum atomic E-state index is 12.8. The van der Waals surface area contributed by atoms with Crippen LogP contribution in [0.15, 0.2) is 18.2 Å². The highest BCUT2D eigenvalue weighted by Crippen LogP contribution is 2.32. The van der Waals surface area contributed by atoms with Crippen LogP contribution < -0.4 is 14.8 Å². The van der Waals surface area contributed by atoms with Crippen LogP contribution in [0.4, 0.5) is 0 Å². The molecular weight excluding hydrogens is 292 g/mol. The minimum absolute atomic E-state index is 0.0291. The summed E-state index contributed by atoms with van der Waals surface area (Å²) in [5.74, 6) is 2.05. The first-order chi connectivity index (χ1) is 11.2. The van der Waals surface area contributed by atoms with Crippen LogP contribution in [0.2, 0.25) is 0 Å². The monoisotopic (exact) mass is 318 g/mol. The van der Waals surface area contributed by atoms with Crippen molar-refractivity contribution in [2.45, 2.75) is 31.7 Å². The van der Waals surface area contributed by atoms with Gasteiger partial charge in [-0.15, -0.1) is 0 Å². The van der Waals surface area contributed by atoms with Crippen molar-refractivity contribution < 1.29 is 14.3 Å². The van der Waals surface area contributed by atoms with Gasteiger partial charge in [0.05, 0.1) is 19.8 Å². The van der Waals surface area contributed by atoms with E-state index in [-0.39, 0.29) is 5.91 Å². The van der Waals surface area contributed by atoms with Crippen LogP contribution in [-0.4, -0.2) is 50.7 Å². The van der Waals surface area contributed by atoms with Crippen LogP contribution >= 0.6 is 0 Å². The van der Waals surface area contributed by atoms with Gasteiger partial charge < -0.3 is 19.7 Å². The molecule has 2 fully saturated rings. The van der Waals surface area contributed by atoms with Gasteiger partial charge in [0, 0.05) is 19.1 Å². The molecule has 23 heavy (non-hydrogen) atoms. The number of methoxy groups -OCH3 is 2. The molecule has 5 nitrogen and oxygen atoms in total. The molecule has 1 aromatic rings. The number of likely N-dealkylation sites (tertiary alicyclic amines) is 1. The fourth-order valence-corrected chi connectivity index (χ4v) is 3.17. The molecule has 1 amide bonds. The SMILES string of the molecule is COc1cccc(C(=O)N2CCC(NCC3CC3)CC2)c1OC. The van der Waals surface area contributed by atoms with Crippen molar-refractivity contribution in [2.24, 2.45) is 5.92 Å². The zero-order chi connectivity index (χ0) is 16.2. The van der Waals surface area contributed by atoms with E-state index < -0.39 is 0 Å². The molecule has 1 N–H and O–H groups in total. The van der Waals surface area contributed by atoms with Crippen LogP contribution in [0.3, 0.4) is 0 Å². The average Bonchev–Trinajstić information content (AvgIpc) is 3.43. The summed E-state index contributed by atoms with van der Waals surface area (Å²) in [5.41, 5.74) is 0.580. The predicted molar refractivity (Wildman–Crippen MR) is 89.2 cm³/mol. The number of hydrogen-bond donors (Lipinski definition) is 1. The highest BCUT2D eigenvalue weighted by atomic mass is 16.5. The molecule has 1 heterocycles. The van der Waals surface area contributed by atoms with Gasteiger partial charge in [-0.05, 0) is 50.3 Å². The maximum absolute atomic E-state index is 12.8. The van der Waals surface area contributed by atoms with Gasteiger partial charge in [-0.25, -0.2) is 0 Å². The van der Waals surface area contributed by atoms with Crippen LogP contribution in [0.25, 0.3) is 0 Å². The lowest BCUT2D eigenvalue weighted by molar-refractivity contribution is 0.0701. The standard InChI is InChI=1S/C18H26N2O3/c1-22-16-5-3-4-15(17(16)23-2)18(21)20-10-8-14(9-11-20)19-12-13-6-7-13/h3-5,13-14,19H,6-12H2,1-2H3. The quantitative estimate of drug-likeness (QED) is 0.874. The Balaban J connectivity index is 1.60. The van der Waals surface area contributed by atoms with E-state index in [0.717, 1.165) is 38.4 Å². The first-order valence-electron chi connectivity index (χ1n) is 8.46. The molecule has 2 aliphatic rings. The molecule has 0 bridgehead atoms. The largest absolute Gasteiger partial charge is 0.493 e. The summed E-state index contributed by atoms with van der Waals surface area (Å²) in [6.45, 7) is 2.73. The van der Waals surface area contributed by atoms with E-state index in [0.29, 0.717) is 23.1 Å². The normalized spacial score (nSPS) is 18.8. The van der Waals surface area contributed by atoms with Crippen molar-refractivity contribution in [3.63, 3.8) is 0 Å². The third-order valence-electron chi connectivity index (χ3n) is 4.81. The number of rotatable bonds is 6. The molecule has 1 aliphatic carbocycles. The van der Waals surface area contributed by atoms with Gasteiger partial charge in [0.1, 0.15) is 0 Å². The second-order valence-electron chi connectivity index (χ2n) is 6.46. The zero-order valence-corrected chi connectivity index (χ0v) is 14.0. The first kappa shape index (κ1) is 16.1. The van der Waals surface area contributed by atoms with E-state index in [2.05, 4.69) is 5.32 Å². The fraction of sp³-hybridized carbons (Fsp3) is 0.611. The summed E-state index contributed by atoms with van der Waals surface area (Å²) < 4.78 is 10.7.